The Balaban J connectivity index is 1.53. The van der Waals surface area contributed by atoms with Crippen molar-refractivity contribution >= 4 is 22.5 Å². The molecule has 0 bridgehead atoms. The van der Waals surface area contributed by atoms with E-state index in [1.54, 1.807) is 22.7 Å². The van der Waals surface area contributed by atoms with Gasteiger partial charge in [0.05, 0.1) is 5.69 Å². The second kappa shape index (κ2) is 10.2. The summed E-state index contributed by atoms with van der Waals surface area (Å²) in [6, 6.07) is 10.2. The Bertz CT molecular complexity index is 1240. The van der Waals surface area contributed by atoms with Crippen LogP contribution in [-0.2, 0) is 11.8 Å². The number of likely N-dealkylation sites (N-methyl/N-ethyl adjacent to an activating group) is 1. The highest BCUT2D eigenvalue weighted by molar-refractivity contribution is 5.99. The molecule has 1 amide bonds. The molecule has 1 fully saturated rings. The van der Waals surface area contributed by atoms with E-state index in [1.165, 1.54) is 12.2 Å². The third kappa shape index (κ3) is 4.58. The van der Waals surface area contributed by atoms with Gasteiger partial charge in [0.2, 0.25) is 5.91 Å². The predicted octanol–water partition coefficient (Wildman–Crippen LogP) is 4.67. The minimum atomic E-state index is -0.381. The fourth-order valence-electron chi connectivity index (χ4n) is 4.54. The largest absolute Gasteiger partial charge is 0.354 e. The molecule has 1 aliphatic heterocycles. The smallest absolute Gasteiger partial charge is 0.249 e. The standard InChI is InChI=1S/C26H31FN6O/c1-5-18(17-19(27)6-2)26(34)31(3)20-12-15-33(16-13-20)25-22-10-8-7-9-21(22)24(29-30-25)23-11-14-28-32(23)4/h6-11,14,17,20H,5,12-13,15-16H2,1-4H3. The maximum atomic E-state index is 13.7. The van der Waals surface area contributed by atoms with Crippen molar-refractivity contribution in [3.63, 3.8) is 0 Å². The highest BCUT2D eigenvalue weighted by Gasteiger charge is 2.28. The quantitative estimate of drug-likeness (QED) is 0.394. The Hall–Kier alpha value is -3.55. The zero-order valence-electron chi connectivity index (χ0n) is 20.2. The second-order valence-corrected chi connectivity index (χ2v) is 8.59. The SMILES string of the molecule is CC=C(F)C=C(CC)C(=O)N(C)C1CCN(c2nnc(-c3ccnn3C)c3ccccc23)CC1. The topological polar surface area (TPSA) is 67.2 Å². The van der Waals surface area contributed by atoms with Gasteiger partial charge in [0.15, 0.2) is 5.82 Å². The minimum Gasteiger partial charge on any atom is -0.354 e. The summed E-state index contributed by atoms with van der Waals surface area (Å²) < 4.78 is 15.5. The van der Waals surface area contributed by atoms with E-state index in [-0.39, 0.29) is 17.8 Å². The number of anilines is 1. The summed E-state index contributed by atoms with van der Waals surface area (Å²) in [7, 11) is 3.71. The van der Waals surface area contributed by atoms with E-state index < -0.39 is 0 Å². The van der Waals surface area contributed by atoms with Gasteiger partial charge in [-0.3, -0.25) is 9.48 Å². The summed E-state index contributed by atoms with van der Waals surface area (Å²) in [5.74, 6) is 0.371. The first-order valence-electron chi connectivity index (χ1n) is 11.7. The summed E-state index contributed by atoms with van der Waals surface area (Å²) in [5, 5.41) is 15.5. The fraction of sp³-hybridized carbons (Fsp3) is 0.385. The zero-order valence-corrected chi connectivity index (χ0v) is 20.2. The van der Waals surface area contributed by atoms with Gasteiger partial charge in [0.25, 0.3) is 0 Å². The number of aryl methyl sites for hydroxylation is 1. The molecule has 8 heteroatoms. The van der Waals surface area contributed by atoms with E-state index in [9.17, 15) is 9.18 Å². The molecule has 4 rings (SSSR count). The first-order valence-corrected chi connectivity index (χ1v) is 11.7. The molecule has 0 radical (unpaired) electrons. The number of amides is 1. The molecule has 3 heterocycles. The van der Waals surface area contributed by atoms with Crippen molar-refractivity contribution < 1.29 is 9.18 Å². The van der Waals surface area contributed by atoms with Crippen molar-refractivity contribution in [3.8, 4) is 11.4 Å². The number of carbonyl (C=O) groups is 1. The molecule has 2 aromatic heterocycles. The van der Waals surface area contributed by atoms with Gasteiger partial charge < -0.3 is 9.80 Å². The van der Waals surface area contributed by atoms with E-state index >= 15 is 0 Å². The van der Waals surface area contributed by atoms with Gasteiger partial charge >= 0.3 is 0 Å². The van der Waals surface area contributed by atoms with Crippen molar-refractivity contribution in [3.05, 3.63) is 60.1 Å². The van der Waals surface area contributed by atoms with Crippen LogP contribution < -0.4 is 4.90 Å². The van der Waals surface area contributed by atoms with Crippen LogP contribution in [0.15, 0.2) is 60.1 Å². The van der Waals surface area contributed by atoms with Crippen molar-refractivity contribution in [1.82, 2.24) is 24.9 Å². The monoisotopic (exact) mass is 462 g/mol. The maximum Gasteiger partial charge on any atom is 0.249 e. The molecule has 0 aliphatic carbocycles. The number of allylic oxidation sites excluding steroid dienone is 3. The lowest BCUT2D eigenvalue weighted by atomic mass is 10.0. The van der Waals surface area contributed by atoms with Gasteiger partial charge in [0.1, 0.15) is 11.5 Å². The van der Waals surface area contributed by atoms with Crippen LogP contribution in [0.25, 0.3) is 22.2 Å². The second-order valence-electron chi connectivity index (χ2n) is 8.59. The van der Waals surface area contributed by atoms with Gasteiger partial charge in [0, 0.05) is 55.8 Å². The third-order valence-electron chi connectivity index (χ3n) is 6.61. The van der Waals surface area contributed by atoms with Crippen LogP contribution in [0.5, 0.6) is 0 Å². The Morgan fingerprint density at radius 2 is 1.88 bits per heavy atom. The molecule has 34 heavy (non-hydrogen) atoms. The predicted molar refractivity (Wildman–Crippen MR) is 133 cm³/mol. The molecule has 3 aromatic rings. The van der Waals surface area contributed by atoms with Crippen LogP contribution in [0.3, 0.4) is 0 Å². The zero-order chi connectivity index (χ0) is 24.2. The van der Waals surface area contributed by atoms with E-state index in [1.807, 2.05) is 39.2 Å². The van der Waals surface area contributed by atoms with E-state index in [4.69, 9.17) is 0 Å². The number of hydrogen-bond acceptors (Lipinski definition) is 5. The molecule has 7 nitrogen and oxygen atoms in total. The van der Waals surface area contributed by atoms with Crippen molar-refractivity contribution in [2.45, 2.75) is 39.2 Å². The van der Waals surface area contributed by atoms with E-state index in [0.29, 0.717) is 12.0 Å². The lowest BCUT2D eigenvalue weighted by molar-refractivity contribution is -0.128. The van der Waals surface area contributed by atoms with E-state index in [0.717, 1.165) is 53.9 Å². The average molecular weight is 463 g/mol. The molecule has 178 valence electrons. The summed E-state index contributed by atoms with van der Waals surface area (Å²) in [6.45, 7) is 5.03. The molecule has 0 atom stereocenters. The molecule has 0 N–H and O–H groups in total. The van der Waals surface area contributed by atoms with Crippen LogP contribution in [0.4, 0.5) is 10.2 Å². The molecule has 1 aromatic carbocycles. The van der Waals surface area contributed by atoms with Crippen molar-refractivity contribution in [1.29, 1.82) is 0 Å². The van der Waals surface area contributed by atoms with Crippen molar-refractivity contribution in [2.75, 3.05) is 25.0 Å². The highest BCUT2D eigenvalue weighted by Crippen LogP contribution is 2.32. The van der Waals surface area contributed by atoms with Crippen LogP contribution in [0.1, 0.15) is 33.1 Å². The number of nitrogens with zero attached hydrogens (tertiary/aromatic N) is 6. The maximum absolute atomic E-state index is 13.7. The Morgan fingerprint density at radius 3 is 2.50 bits per heavy atom. The van der Waals surface area contributed by atoms with E-state index in [2.05, 4.69) is 32.3 Å². The fourth-order valence-corrected chi connectivity index (χ4v) is 4.54. The van der Waals surface area contributed by atoms with Crippen molar-refractivity contribution in [2.24, 2.45) is 7.05 Å². The first-order chi connectivity index (χ1) is 16.4. The van der Waals surface area contributed by atoms with Gasteiger partial charge in [-0.05, 0) is 38.3 Å². The van der Waals surface area contributed by atoms with Crippen LogP contribution in [0.2, 0.25) is 0 Å². The van der Waals surface area contributed by atoms with Gasteiger partial charge in [-0.25, -0.2) is 4.39 Å². The minimum absolute atomic E-state index is 0.0975. The number of piperidine rings is 1. The van der Waals surface area contributed by atoms with Gasteiger partial charge in [-0.2, -0.15) is 5.10 Å². The molecule has 1 aliphatic rings. The lowest BCUT2D eigenvalue weighted by Crippen LogP contribution is -2.46. The molecule has 0 spiro atoms. The molecular weight excluding hydrogens is 431 g/mol. The summed E-state index contributed by atoms with van der Waals surface area (Å²) >= 11 is 0. The van der Waals surface area contributed by atoms with Gasteiger partial charge in [-0.15, -0.1) is 10.2 Å². The lowest BCUT2D eigenvalue weighted by Gasteiger charge is -2.37. The normalized spacial score (nSPS) is 15.7. The summed E-state index contributed by atoms with van der Waals surface area (Å²) in [6.07, 6.45) is 6.59. The molecule has 0 unspecified atom stereocenters. The Morgan fingerprint density at radius 1 is 1.18 bits per heavy atom. The molecular formula is C26H31FN6O. The van der Waals surface area contributed by atoms with Crippen LogP contribution in [-0.4, -0.2) is 57.0 Å². The Kier molecular flexibility index (Phi) is 7.05. The number of carbonyl (C=O) groups excluding carboxylic acids is 1. The number of aromatic nitrogens is 4. The van der Waals surface area contributed by atoms with Crippen LogP contribution >= 0.6 is 0 Å². The third-order valence-corrected chi connectivity index (χ3v) is 6.61. The molecule has 1 saturated heterocycles. The van der Waals surface area contributed by atoms with Gasteiger partial charge in [-0.1, -0.05) is 37.3 Å². The summed E-state index contributed by atoms with van der Waals surface area (Å²) in [4.78, 5) is 17.0. The number of fused-ring (bicyclic) bond motifs is 1. The molecule has 0 saturated carbocycles. The average Bonchev–Trinajstić information content (AvgIpc) is 3.31. The summed E-state index contributed by atoms with van der Waals surface area (Å²) in [5.41, 5.74) is 2.22. The van der Waals surface area contributed by atoms with Crippen LogP contribution in [0, 0.1) is 0 Å². The number of rotatable bonds is 6. The first kappa shape index (κ1) is 23.6. The highest BCUT2D eigenvalue weighted by atomic mass is 19.1. The number of halogens is 1. The number of benzene rings is 1. The number of hydrogen-bond donors (Lipinski definition) is 0. The Labute approximate surface area is 199 Å².